The maximum atomic E-state index is 13.3. The van der Waals surface area contributed by atoms with E-state index in [9.17, 15) is 27.6 Å². The van der Waals surface area contributed by atoms with Crippen LogP contribution in [0.4, 0.5) is 13.2 Å². The molecule has 1 aromatic carbocycles. The maximum Gasteiger partial charge on any atom is 0.471 e. The van der Waals surface area contributed by atoms with Crippen LogP contribution in [0.1, 0.15) is 45.1 Å². The molecule has 2 rings (SSSR count). The minimum absolute atomic E-state index is 0.0150. The fraction of sp³-hybridized carbons (Fsp3) is 0.667. The Hall–Kier alpha value is -2.55. The number of likely N-dealkylation sites (tertiary alicyclic amines) is 1. The van der Waals surface area contributed by atoms with Crippen molar-refractivity contribution >= 4 is 34.4 Å². The summed E-state index contributed by atoms with van der Waals surface area (Å²) < 4.78 is 57.4. The zero-order valence-corrected chi connectivity index (χ0v) is 26.8. The molecule has 0 radical (unpaired) electrons. The fourth-order valence-corrected chi connectivity index (χ4v) is 5.98. The lowest BCUT2D eigenvalue weighted by Crippen LogP contribution is -2.59. The largest absolute Gasteiger partial charge is 0.542 e. The summed E-state index contributed by atoms with van der Waals surface area (Å²) in [6.45, 7) is 15.6. The zero-order chi connectivity index (χ0) is 30.5. The van der Waals surface area contributed by atoms with E-state index in [0.717, 1.165) is 6.42 Å². The second kappa shape index (κ2) is 13.0. The lowest BCUT2D eigenvalue weighted by Gasteiger charge is -2.33. The molecule has 0 saturated carbocycles. The summed E-state index contributed by atoms with van der Waals surface area (Å²) in [5.74, 6) is -2.49. The first-order chi connectivity index (χ1) is 18.3. The van der Waals surface area contributed by atoms with Crippen LogP contribution < -0.4 is 14.2 Å². The van der Waals surface area contributed by atoms with Crippen LogP contribution in [-0.4, -0.2) is 70.2 Å². The molecule has 1 heterocycles. The zero-order valence-electron chi connectivity index (χ0n) is 24.8. The molecule has 1 N–H and O–H groups in total. The summed E-state index contributed by atoms with van der Waals surface area (Å²) in [4.78, 5) is 39.0. The molecule has 0 aliphatic carbocycles. The molecule has 40 heavy (non-hydrogen) atoms. The van der Waals surface area contributed by atoms with E-state index in [1.165, 1.54) is 6.92 Å². The van der Waals surface area contributed by atoms with Crippen LogP contribution in [0.25, 0.3) is 0 Å². The molecule has 1 aliphatic rings. The number of hydrogen-bond donors (Lipinski definition) is 1. The summed E-state index contributed by atoms with van der Waals surface area (Å²) in [5.41, 5.74) is -0.973. The van der Waals surface area contributed by atoms with Gasteiger partial charge in [-0.2, -0.15) is 13.2 Å². The minimum Gasteiger partial charge on any atom is -0.542 e. The van der Waals surface area contributed by atoms with E-state index in [2.05, 4.69) is 5.32 Å². The Morgan fingerprint density at radius 2 is 1.62 bits per heavy atom. The van der Waals surface area contributed by atoms with Crippen molar-refractivity contribution in [2.75, 3.05) is 13.2 Å². The molecular formula is C27H43F3N2O6Si2. The van der Waals surface area contributed by atoms with Gasteiger partial charge in [0.05, 0.1) is 6.61 Å². The first kappa shape index (κ1) is 33.7. The van der Waals surface area contributed by atoms with Gasteiger partial charge in [-0.25, -0.2) is 4.79 Å². The van der Waals surface area contributed by atoms with E-state index >= 15 is 0 Å². The average Bonchev–Trinajstić information content (AvgIpc) is 3.28. The molecule has 8 nitrogen and oxygen atoms in total. The first-order valence-corrected chi connectivity index (χ1v) is 20.5. The van der Waals surface area contributed by atoms with E-state index in [1.807, 2.05) is 46.2 Å². The van der Waals surface area contributed by atoms with E-state index in [1.54, 1.807) is 18.2 Å². The summed E-state index contributed by atoms with van der Waals surface area (Å²) in [7, 11) is -4.04. The van der Waals surface area contributed by atoms with E-state index in [-0.39, 0.29) is 32.4 Å². The predicted octanol–water partition coefficient (Wildman–Crippen LogP) is 5.43. The maximum absolute atomic E-state index is 13.3. The quantitative estimate of drug-likeness (QED) is 0.194. The highest BCUT2D eigenvalue weighted by Gasteiger charge is 2.49. The molecule has 2 atom stereocenters. The number of nitrogens with zero attached hydrogens (tertiary/aromatic N) is 1. The number of hydrogen-bond acceptors (Lipinski definition) is 6. The summed E-state index contributed by atoms with van der Waals surface area (Å²) in [5, 5.41) is 2.64. The Morgan fingerprint density at radius 3 is 2.17 bits per heavy atom. The van der Waals surface area contributed by atoms with Gasteiger partial charge < -0.3 is 23.8 Å². The molecule has 0 unspecified atom stereocenters. The van der Waals surface area contributed by atoms with Crippen molar-refractivity contribution in [2.45, 2.75) is 103 Å². The molecule has 226 valence electrons. The number of esters is 1. The van der Waals surface area contributed by atoms with E-state index < -0.39 is 52.2 Å². The number of halogens is 3. The second-order valence-electron chi connectivity index (χ2n) is 12.4. The lowest BCUT2D eigenvalue weighted by molar-refractivity contribution is -0.187. The van der Waals surface area contributed by atoms with Crippen LogP contribution in [0, 0.1) is 0 Å². The molecule has 13 heteroatoms. The molecule has 1 fully saturated rings. The van der Waals surface area contributed by atoms with Gasteiger partial charge in [-0.3, -0.25) is 9.59 Å². The number of amides is 2. The van der Waals surface area contributed by atoms with Crippen LogP contribution in [0.2, 0.25) is 39.3 Å². The third-order valence-corrected chi connectivity index (χ3v) is 7.70. The third kappa shape index (κ3) is 9.82. The van der Waals surface area contributed by atoms with E-state index in [0.29, 0.717) is 28.4 Å². The Morgan fingerprint density at radius 1 is 1.02 bits per heavy atom. The number of alkyl halides is 3. The van der Waals surface area contributed by atoms with Gasteiger partial charge in [0.15, 0.2) is 0 Å². The highest BCUT2D eigenvalue weighted by atomic mass is 28.4. The normalized spacial score (nSPS) is 17.7. The van der Waals surface area contributed by atoms with Crippen molar-refractivity contribution in [3.8, 4) is 11.5 Å². The van der Waals surface area contributed by atoms with Crippen LogP contribution in [-0.2, 0) is 25.5 Å². The van der Waals surface area contributed by atoms with Crippen molar-refractivity contribution in [1.29, 1.82) is 0 Å². The van der Waals surface area contributed by atoms with E-state index in [4.69, 9.17) is 13.6 Å². The summed E-state index contributed by atoms with van der Waals surface area (Å²) in [6.07, 6.45) is -3.41. The van der Waals surface area contributed by atoms with Crippen molar-refractivity contribution in [3.05, 3.63) is 23.8 Å². The van der Waals surface area contributed by atoms with Crippen molar-refractivity contribution < 1.29 is 41.1 Å². The molecule has 0 bridgehead atoms. The number of rotatable bonds is 12. The third-order valence-electron chi connectivity index (χ3n) is 6.04. The van der Waals surface area contributed by atoms with Gasteiger partial charge in [0, 0.05) is 13.0 Å². The fourth-order valence-electron chi connectivity index (χ4n) is 4.33. The van der Waals surface area contributed by atoms with Crippen molar-refractivity contribution in [2.24, 2.45) is 0 Å². The lowest BCUT2D eigenvalue weighted by atomic mass is 9.91. The van der Waals surface area contributed by atoms with Gasteiger partial charge in [-0.1, -0.05) is 19.4 Å². The predicted molar refractivity (Wildman–Crippen MR) is 151 cm³/mol. The molecule has 0 spiro atoms. The average molecular weight is 605 g/mol. The highest BCUT2D eigenvalue weighted by Crippen LogP contribution is 2.34. The number of carbonyl (C=O) groups is 3. The number of ether oxygens (including phenoxy) is 1. The van der Waals surface area contributed by atoms with Crippen LogP contribution in [0.5, 0.6) is 11.5 Å². The molecule has 0 aromatic heterocycles. The molecule has 1 aromatic rings. The number of benzene rings is 1. The topological polar surface area (TPSA) is 94.2 Å². The summed E-state index contributed by atoms with van der Waals surface area (Å²) >= 11 is 0. The Kier molecular flexibility index (Phi) is 10.9. The molecular weight excluding hydrogens is 561 g/mol. The standard InChI is InChI=1S/C27H43F3N2O6Si2/c1-9-10-16-36-25(35)26(2,31-23(33)20-12-11-15-32(20)24(34)27(28,29)30)18-19-13-14-21(37-39(3,4)5)22(17-19)38-40(6,7)8/h13-14,17,20H,9-12,15-16,18H2,1-8H3,(H,31,33)/t20-,26-/m0/s1. The highest BCUT2D eigenvalue weighted by molar-refractivity contribution is 6.71. The van der Waals surface area contributed by atoms with Gasteiger partial charge >= 0.3 is 18.1 Å². The van der Waals surface area contributed by atoms with Crippen LogP contribution in [0.15, 0.2) is 18.2 Å². The minimum atomic E-state index is -5.10. The van der Waals surface area contributed by atoms with Crippen LogP contribution >= 0.6 is 0 Å². The van der Waals surface area contributed by atoms with Gasteiger partial charge in [-0.05, 0) is 83.2 Å². The SMILES string of the molecule is CCCCOC(=O)[C@](C)(Cc1ccc(O[Si](C)(C)C)c(O[Si](C)(C)C)c1)NC(=O)[C@@H]1CCCN1C(=O)C(F)(F)F. The van der Waals surface area contributed by atoms with Gasteiger partial charge in [0.1, 0.15) is 23.1 Å². The van der Waals surface area contributed by atoms with Gasteiger partial charge in [0.25, 0.3) is 0 Å². The summed E-state index contributed by atoms with van der Waals surface area (Å²) in [6, 6.07) is 3.97. The van der Waals surface area contributed by atoms with Crippen LogP contribution in [0.3, 0.4) is 0 Å². The molecule has 1 saturated heterocycles. The number of carbonyl (C=O) groups excluding carboxylic acids is 3. The van der Waals surface area contributed by atoms with Gasteiger partial charge in [0.2, 0.25) is 22.5 Å². The second-order valence-corrected chi connectivity index (χ2v) is 21.2. The van der Waals surface area contributed by atoms with Crippen molar-refractivity contribution in [1.82, 2.24) is 10.2 Å². The Labute approximate surface area is 237 Å². The van der Waals surface area contributed by atoms with Crippen molar-refractivity contribution in [3.63, 3.8) is 0 Å². The number of nitrogens with one attached hydrogen (secondary N) is 1. The van der Waals surface area contributed by atoms with Gasteiger partial charge in [-0.15, -0.1) is 0 Å². The smallest absolute Gasteiger partial charge is 0.471 e. The first-order valence-electron chi connectivity index (χ1n) is 13.6. The molecule has 2 amide bonds. The Balaban J connectivity index is 2.41. The monoisotopic (exact) mass is 604 g/mol. The molecule has 1 aliphatic heterocycles. The number of unbranched alkanes of at least 4 members (excludes halogenated alkanes) is 1. The Bertz CT molecular complexity index is 1070.